The van der Waals surface area contributed by atoms with Crippen LogP contribution in [0.5, 0.6) is 0 Å². The first kappa shape index (κ1) is 24.5. The summed E-state index contributed by atoms with van der Waals surface area (Å²) in [5.74, 6) is -0.633. The summed E-state index contributed by atoms with van der Waals surface area (Å²) in [5.41, 5.74) is 2.66. The molecule has 1 aliphatic rings. The second kappa shape index (κ2) is 10.7. The molecule has 1 aromatic heterocycles. The zero-order chi connectivity index (χ0) is 24.1. The average molecular weight is 496 g/mol. The fraction of sp³-hybridized carbons (Fsp3) is 0.333. The Balaban J connectivity index is 1.47. The van der Waals surface area contributed by atoms with Crippen molar-refractivity contribution in [3.8, 4) is 0 Å². The number of carbonyl (C=O) groups excluding carboxylic acids is 2. The van der Waals surface area contributed by atoms with Crippen LogP contribution in [0, 0.1) is 0 Å². The summed E-state index contributed by atoms with van der Waals surface area (Å²) in [5, 5.41) is 5.82. The molecule has 4 rings (SSSR count). The number of hydrogen-bond acceptors (Lipinski definition) is 4. The molecule has 2 heterocycles. The highest BCUT2D eigenvalue weighted by molar-refractivity contribution is 7.18. The zero-order valence-corrected chi connectivity index (χ0v) is 21.1. The summed E-state index contributed by atoms with van der Waals surface area (Å²) >= 11 is 7.16. The van der Waals surface area contributed by atoms with Gasteiger partial charge in [-0.05, 0) is 61.3 Å². The lowest BCUT2D eigenvalue weighted by Crippen LogP contribution is -2.36. The molecular formula is C27H30ClN3O2S. The first-order valence-corrected chi connectivity index (χ1v) is 12.8. The van der Waals surface area contributed by atoms with Gasteiger partial charge in [-0.1, -0.05) is 67.9 Å². The summed E-state index contributed by atoms with van der Waals surface area (Å²) in [6, 6.07) is 19.8. The number of nitrogens with one attached hydrogen (secondary N) is 2. The third-order valence-electron chi connectivity index (χ3n) is 6.22. The minimum atomic E-state index is -0.833. The Kier molecular flexibility index (Phi) is 7.71. The summed E-state index contributed by atoms with van der Waals surface area (Å²) in [6.07, 6.45) is 2.55. The second-order valence-corrected chi connectivity index (χ2v) is 11.1. The normalized spacial score (nSPS) is 15.1. The third-order valence-corrected chi connectivity index (χ3v) is 7.45. The minimum absolute atomic E-state index is 0.0232. The standard InChI is InChI=1S/C27H30ClN3O2S/c1-27(2,18-31-16-6-7-17-31)20-10-12-21(13-11-20)29-26(33)24(19-8-4-3-5-9-19)30-25(32)22-14-15-23(28)34-22/h3-5,8-15,24H,6-7,16-18H2,1-2H3,(H,29,33)(H,30,32). The van der Waals surface area contributed by atoms with Gasteiger partial charge in [0.25, 0.3) is 11.8 Å². The van der Waals surface area contributed by atoms with Crippen LogP contribution in [0.3, 0.4) is 0 Å². The first-order valence-electron chi connectivity index (χ1n) is 11.6. The van der Waals surface area contributed by atoms with Crippen LogP contribution in [-0.2, 0) is 10.2 Å². The van der Waals surface area contributed by atoms with Gasteiger partial charge in [0.2, 0.25) is 0 Å². The second-order valence-electron chi connectivity index (χ2n) is 9.35. The van der Waals surface area contributed by atoms with Crippen molar-refractivity contribution in [2.45, 2.75) is 38.1 Å². The molecule has 2 aromatic carbocycles. The molecule has 2 N–H and O–H groups in total. The van der Waals surface area contributed by atoms with E-state index in [9.17, 15) is 9.59 Å². The molecule has 1 saturated heterocycles. The van der Waals surface area contributed by atoms with E-state index in [-0.39, 0.29) is 17.2 Å². The van der Waals surface area contributed by atoms with Crippen molar-refractivity contribution in [3.63, 3.8) is 0 Å². The predicted octanol–water partition coefficient (Wildman–Crippen LogP) is 5.88. The number of benzene rings is 2. The van der Waals surface area contributed by atoms with Crippen LogP contribution in [0.25, 0.3) is 0 Å². The van der Waals surface area contributed by atoms with E-state index in [0.717, 1.165) is 6.54 Å². The lowest BCUT2D eigenvalue weighted by molar-refractivity contribution is -0.118. The van der Waals surface area contributed by atoms with E-state index in [0.29, 0.717) is 20.5 Å². The predicted molar refractivity (Wildman–Crippen MR) is 140 cm³/mol. The molecule has 0 radical (unpaired) electrons. The van der Waals surface area contributed by atoms with Crippen LogP contribution >= 0.6 is 22.9 Å². The molecule has 3 aromatic rings. The number of nitrogens with zero attached hydrogens (tertiary/aromatic N) is 1. The first-order chi connectivity index (χ1) is 16.3. The number of halogens is 1. The average Bonchev–Trinajstić information content (AvgIpc) is 3.49. The topological polar surface area (TPSA) is 61.4 Å². The largest absolute Gasteiger partial charge is 0.336 e. The molecule has 0 bridgehead atoms. The smallest absolute Gasteiger partial charge is 0.262 e. The Labute approximate surface area is 210 Å². The van der Waals surface area contributed by atoms with Crippen molar-refractivity contribution < 1.29 is 9.59 Å². The van der Waals surface area contributed by atoms with Crippen molar-refractivity contribution in [1.82, 2.24) is 10.2 Å². The van der Waals surface area contributed by atoms with Crippen molar-refractivity contribution in [2.24, 2.45) is 0 Å². The Bertz CT molecular complexity index is 1120. The number of amides is 2. The van der Waals surface area contributed by atoms with Crippen LogP contribution in [0.15, 0.2) is 66.7 Å². The fourth-order valence-corrected chi connectivity index (χ4v) is 5.34. The highest BCUT2D eigenvalue weighted by Crippen LogP contribution is 2.28. The lowest BCUT2D eigenvalue weighted by atomic mass is 9.84. The summed E-state index contributed by atoms with van der Waals surface area (Å²) in [6.45, 7) is 7.88. The van der Waals surface area contributed by atoms with Gasteiger partial charge in [0.1, 0.15) is 6.04 Å². The highest BCUT2D eigenvalue weighted by Gasteiger charge is 2.27. The SMILES string of the molecule is CC(C)(CN1CCCC1)c1ccc(NC(=O)C(NC(=O)c2ccc(Cl)s2)c2ccccc2)cc1. The van der Waals surface area contributed by atoms with Gasteiger partial charge in [-0.25, -0.2) is 0 Å². The summed E-state index contributed by atoms with van der Waals surface area (Å²) in [4.78, 5) is 29.0. The monoisotopic (exact) mass is 495 g/mol. The molecule has 0 spiro atoms. The maximum atomic E-state index is 13.2. The van der Waals surface area contributed by atoms with Crippen molar-refractivity contribution in [2.75, 3.05) is 25.0 Å². The molecule has 1 unspecified atom stereocenters. The molecule has 34 heavy (non-hydrogen) atoms. The minimum Gasteiger partial charge on any atom is -0.336 e. The van der Waals surface area contributed by atoms with Gasteiger partial charge in [-0.3, -0.25) is 9.59 Å². The molecule has 1 atom stereocenters. The molecule has 0 saturated carbocycles. The third kappa shape index (κ3) is 6.06. The van der Waals surface area contributed by atoms with Gasteiger partial charge in [0, 0.05) is 17.6 Å². The Hall–Kier alpha value is -2.67. The van der Waals surface area contributed by atoms with Crippen molar-refractivity contribution in [1.29, 1.82) is 0 Å². The van der Waals surface area contributed by atoms with Crippen LogP contribution in [0.1, 0.15) is 53.5 Å². The number of rotatable bonds is 8. The van der Waals surface area contributed by atoms with Gasteiger partial charge in [0.15, 0.2) is 0 Å². The van der Waals surface area contributed by atoms with E-state index in [1.807, 2.05) is 42.5 Å². The van der Waals surface area contributed by atoms with Crippen LogP contribution in [-0.4, -0.2) is 36.3 Å². The van der Waals surface area contributed by atoms with Crippen LogP contribution in [0.2, 0.25) is 4.34 Å². The number of hydrogen-bond donors (Lipinski definition) is 2. The van der Waals surface area contributed by atoms with Crippen molar-refractivity contribution in [3.05, 3.63) is 87.1 Å². The number of likely N-dealkylation sites (tertiary alicyclic amines) is 1. The van der Waals surface area contributed by atoms with E-state index in [1.165, 1.54) is 42.8 Å². The molecular weight excluding hydrogens is 466 g/mol. The van der Waals surface area contributed by atoms with Gasteiger partial charge < -0.3 is 15.5 Å². The number of thiophene rings is 1. The molecule has 2 amide bonds. The summed E-state index contributed by atoms with van der Waals surface area (Å²) < 4.78 is 0.526. The van der Waals surface area contributed by atoms with Crippen LogP contribution < -0.4 is 10.6 Å². The molecule has 1 fully saturated rings. The van der Waals surface area contributed by atoms with Crippen molar-refractivity contribution >= 4 is 40.4 Å². The Morgan fingerprint density at radius 2 is 1.68 bits per heavy atom. The van der Waals surface area contributed by atoms with E-state index >= 15 is 0 Å². The van der Waals surface area contributed by atoms with E-state index in [4.69, 9.17) is 11.6 Å². The van der Waals surface area contributed by atoms with E-state index < -0.39 is 6.04 Å². The fourth-order valence-electron chi connectivity index (χ4n) is 4.39. The maximum Gasteiger partial charge on any atom is 0.262 e. The lowest BCUT2D eigenvalue weighted by Gasteiger charge is -2.30. The number of carbonyl (C=O) groups is 2. The van der Waals surface area contributed by atoms with Gasteiger partial charge in [-0.2, -0.15) is 0 Å². The highest BCUT2D eigenvalue weighted by atomic mass is 35.5. The molecule has 5 nitrogen and oxygen atoms in total. The summed E-state index contributed by atoms with van der Waals surface area (Å²) in [7, 11) is 0. The van der Waals surface area contributed by atoms with Gasteiger partial charge in [0.05, 0.1) is 9.21 Å². The van der Waals surface area contributed by atoms with Gasteiger partial charge in [-0.15, -0.1) is 11.3 Å². The Morgan fingerprint density at radius 3 is 2.29 bits per heavy atom. The number of anilines is 1. The van der Waals surface area contributed by atoms with Crippen LogP contribution in [0.4, 0.5) is 5.69 Å². The van der Waals surface area contributed by atoms with E-state index in [1.54, 1.807) is 12.1 Å². The quantitative estimate of drug-likeness (QED) is 0.410. The molecule has 7 heteroatoms. The van der Waals surface area contributed by atoms with Gasteiger partial charge >= 0.3 is 0 Å². The molecule has 178 valence electrons. The zero-order valence-electron chi connectivity index (χ0n) is 19.5. The molecule has 1 aliphatic heterocycles. The maximum absolute atomic E-state index is 13.2. The Morgan fingerprint density at radius 1 is 1.00 bits per heavy atom. The van der Waals surface area contributed by atoms with E-state index in [2.05, 4.69) is 41.5 Å². The molecule has 0 aliphatic carbocycles.